The third kappa shape index (κ3) is 6.42. The highest BCUT2D eigenvalue weighted by molar-refractivity contribution is 14.1. The van der Waals surface area contributed by atoms with Crippen molar-refractivity contribution in [2.24, 2.45) is 5.92 Å². The molecule has 6 heteroatoms. The Labute approximate surface area is 125 Å². The topological polar surface area (TPSA) is 78.4 Å². The molecule has 0 aromatic heterocycles. The van der Waals surface area contributed by atoms with Crippen LogP contribution in [0.5, 0.6) is 0 Å². The summed E-state index contributed by atoms with van der Waals surface area (Å²) < 4.78 is 1.10. The number of aliphatic carboxylic acids is 1. The van der Waals surface area contributed by atoms with Gasteiger partial charge < -0.3 is 15.7 Å². The van der Waals surface area contributed by atoms with Crippen LogP contribution >= 0.6 is 22.6 Å². The highest BCUT2D eigenvalue weighted by Gasteiger charge is 2.10. The molecule has 5 nitrogen and oxygen atoms in total. The van der Waals surface area contributed by atoms with Crippen molar-refractivity contribution in [2.75, 3.05) is 11.9 Å². The van der Waals surface area contributed by atoms with Crippen LogP contribution in [0.25, 0.3) is 0 Å². The van der Waals surface area contributed by atoms with Crippen LogP contribution in [-0.4, -0.2) is 23.7 Å². The van der Waals surface area contributed by atoms with Gasteiger partial charge in [-0.2, -0.15) is 0 Å². The molecule has 1 rings (SSSR count). The number of carbonyl (C=O) groups excluding carboxylic acids is 1. The average Bonchev–Trinajstić information content (AvgIpc) is 2.37. The Hall–Kier alpha value is -1.31. The Bertz CT molecular complexity index is 434. The van der Waals surface area contributed by atoms with E-state index in [0.29, 0.717) is 19.4 Å². The lowest BCUT2D eigenvalue weighted by molar-refractivity contribution is -0.141. The second kappa shape index (κ2) is 7.98. The van der Waals surface area contributed by atoms with Crippen molar-refractivity contribution in [2.45, 2.75) is 19.8 Å². The van der Waals surface area contributed by atoms with Crippen LogP contribution in [0, 0.1) is 9.49 Å². The fourth-order valence-electron chi connectivity index (χ4n) is 1.44. The molecule has 3 N–H and O–H groups in total. The first-order valence-corrected chi connectivity index (χ1v) is 7.10. The molecule has 2 amide bonds. The monoisotopic (exact) mass is 376 g/mol. The summed E-state index contributed by atoms with van der Waals surface area (Å²) in [4.78, 5) is 22.1. The Morgan fingerprint density at radius 1 is 1.32 bits per heavy atom. The summed E-state index contributed by atoms with van der Waals surface area (Å²) in [5.41, 5.74) is 0.733. The molecule has 0 fully saturated rings. The van der Waals surface area contributed by atoms with Gasteiger partial charge in [-0.25, -0.2) is 4.79 Å². The molecule has 0 spiro atoms. The molecule has 19 heavy (non-hydrogen) atoms. The van der Waals surface area contributed by atoms with Crippen molar-refractivity contribution in [1.82, 2.24) is 5.32 Å². The number of hydrogen-bond donors (Lipinski definition) is 3. The SMILES string of the molecule is CC(CCCNC(=O)Nc1ccc(I)cc1)C(=O)O. The second-order valence-electron chi connectivity index (χ2n) is 4.27. The summed E-state index contributed by atoms with van der Waals surface area (Å²) in [7, 11) is 0. The normalized spacial score (nSPS) is 11.7. The number of rotatable bonds is 6. The first kappa shape index (κ1) is 15.7. The molecule has 1 aromatic carbocycles. The molecule has 0 aliphatic rings. The lowest BCUT2D eigenvalue weighted by atomic mass is 10.1. The lowest BCUT2D eigenvalue weighted by Crippen LogP contribution is -2.29. The van der Waals surface area contributed by atoms with Gasteiger partial charge in [-0.3, -0.25) is 4.79 Å². The van der Waals surface area contributed by atoms with Gasteiger partial charge in [0.2, 0.25) is 0 Å². The van der Waals surface area contributed by atoms with Crippen molar-refractivity contribution >= 4 is 40.3 Å². The highest BCUT2D eigenvalue weighted by atomic mass is 127. The first-order chi connectivity index (χ1) is 8.99. The maximum Gasteiger partial charge on any atom is 0.319 e. The van der Waals surface area contributed by atoms with Crippen molar-refractivity contribution in [3.05, 3.63) is 27.8 Å². The summed E-state index contributed by atoms with van der Waals surface area (Å²) >= 11 is 2.19. The molecular formula is C13H17IN2O3. The molecule has 1 aromatic rings. The van der Waals surface area contributed by atoms with Gasteiger partial charge in [0, 0.05) is 15.8 Å². The van der Waals surface area contributed by atoms with Crippen LogP contribution in [0.1, 0.15) is 19.8 Å². The molecule has 0 heterocycles. The van der Waals surface area contributed by atoms with Crippen molar-refractivity contribution in [1.29, 1.82) is 0 Å². The zero-order valence-electron chi connectivity index (χ0n) is 10.6. The number of benzene rings is 1. The second-order valence-corrected chi connectivity index (χ2v) is 5.51. The van der Waals surface area contributed by atoms with E-state index >= 15 is 0 Å². The Kier molecular flexibility index (Phi) is 6.61. The molecular weight excluding hydrogens is 359 g/mol. The quantitative estimate of drug-likeness (QED) is 0.528. The van der Waals surface area contributed by atoms with Crippen molar-refractivity contribution in [3.63, 3.8) is 0 Å². The predicted molar refractivity (Wildman–Crippen MR) is 82.2 cm³/mol. The van der Waals surface area contributed by atoms with Gasteiger partial charge in [0.05, 0.1) is 5.92 Å². The summed E-state index contributed by atoms with van der Waals surface area (Å²) in [6.45, 7) is 2.13. The van der Waals surface area contributed by atoms with Crippen LogP contribution in [-0.2, 0) is 4.79 Å². The van der Waals surface area contributed by atoms with Crippen molar-refractivity contribution in [3.8, 4) is 0 Å². The van der Waals surface area contributed by atoms with E-state index in [2.05, 4.69) is 33.2 Å². The minimum atomic E-state index is -0.802. The Morgan fingerprint density at radius 3 is 2.53 bits per heavy atom. The number of hydrogen-bond acceptors (Lipinski definition) is 2. The molecule has 0 saturated heterocycles. The zero-order chi connectivity index (χ0) is 14.3. The first-order valence-electron chi connectivity index (χ1n) is 6.02. The van der Waals surface area contributed by atoms with Gasteiger partial charge in [-0.1, -0.05) is 6.92 Å². The Morgan fingerprint density at radius 2 is 1.95 bits per heavy atom. The fraction of sp³-hybridized carbons (Fsp3) is 0.385. The Balaban J connectivity index is 2.21. The predicted octanol–water partition coefficient (Wildman–Crippen LogP) is 2.91. The van der Waals surface area contributed by atoms with E-state index < -0.39 is 5.97 Å². The minimum absolute atomic E-state index is 0.274. The van der Waals surface area contributed by atoms with Gasteiger partial charge in [0.25, 0.3) is 0 Å². The van der Waals surface area contributed by atoms with E-state index in [-0.39, 0.29) is 11.9 Å². The van der Waals surface area contributed by atoms with Gasteiger partial charge in [0.15, 0.2) is 0 Å². The number of amides is 2. The largest absolute Gasteiger partial charge is 0.481 e. The number of carbonyl (C=O) groups is 2. The molecule has 1 unspecified atom stereocenters. The average molecular weight is 376 g/mol. The lowest BCUT2D eigenvalue weighted by Gasteiger charge is -2.09. The van der Waals surface area contributed by atoms with E-state index in [1.807, 2.05) is 24.3 Å². The van der Waals surface area contributed by atoms with Crippen LogP contribution in [0.2, 0.25) is 0 Å². The molecule has 0 bridgehead atoms. The van der Waals surface area contributed by atoms with E-state index in [4.69, 9.17) is 5.11 Å². The maximum atomic E-state index is 11.5. The van der Waals surface area contributed by atoms with E-state index in [9.17, 15) is 9.59 Å². The van der Waals surface area contributed by atoms with Gasteiger partial charge in [-0.15, -0.1) is 0 Å². The number of anilines is 1. The third-order valence-corrected chi connectivity index (χ3v) is 3.34. The molecule has 104 valence electrons. The molecule has 0 aliphatic carbocycles. The van der Waals surface area contributed by atoms with E-state index in [1.54, 1.807) is 6.92 Å². The van der Waals surface area contributed by atoms with E-state index in [1.165, 1.54) is 0 Å². The molecule has 0 radical (unpaired) electrons. The fourth-order valence-corrected chi connectivity index (χ4v) is 1.80. The minimum Gasteiger partial charge on any atom is -0.481 e. The molecule has 1 atom stereocenters. The standard InChI is InChI=1S/C13H17IN2O3/c1-9(12(17)18)3-2-8-15-13(19)16-11-6-4-10(14)5-7-11/h4-7,9H,2-3,8H2,1H3,(H,17,18)(H2,15,16,19). The van der Waals surface area contributed by atoms with Crippen molar-refractivity contribution < 1.29 is 14.7 Å². The maximum absolute atomic E-state index is 11.5. The number of carboxylic acid groups (broad SMARTS) is 1. The highest BCUT2D eigenvalue weighted by Crippen LogP contribution is 2.10. The van der Waals surface area contributed by atoms with Crippen LogP contribution in [0.3, 0.4) is 0 Å². The molecule has 0 aliphatic heterocycles. The molecule has 0 saturated carbocycles. The summed E-state index contributed by atoms with van der Waals surface area (Å²) in [6, 6.07) is 7.20. The smallest absolute Gasteiger partial charge is 0.319 e. The third-order valence-electron chi connectivity index (χ3n) is 2.62. The number of urea groups is 1. The van der Waals surface area contributed by atoms with Crippen LogP contribution < -0.4 is 10.6 Å². The number of carboxylic acids is 1. The zero-order valence-corrected chi connectivity index (χ0v) is 12.8. The summed E-state index contributed by atoms with van der Waals surface area (Å²) in [5, 5.41) is 14.1. The van der Waals surface area contributed by atoms with Gasteiger partial charge in [-0.05, 0) is 59.7 Å². The number of halogens is 1. The van der Waals surface area contributed by atoms with Gasteiger partial charge in [0.1, 0.15) is 0 Å². The summed E-state index contributed by atoms with van der Waals surface area (Å²) in [5.74, 6) is -1.18. The summed E-state index contributed by atoms with van der Waals surface area (Å²) in [6.07, 6.45) is 1.20. The van der Waals surface area contributed by atoms with Crippen LogP contribution in [0.4, 0.5) is 10.5 Å². The number of nitrogens with one attached hydrogen (secondary N) is 2. The van der Waals surface area contributed by atoms with Gasteiger partial charge >= 0.3 is 12.0 Å². The van der Waals surface area contributed by atoms with Crippen LogP contribution in [0.15, 0.2) is 24.3 Å². The van der Waals surface area contributed by atoms with E-state index in [0.717, 1.165) is 9.26 Å².